The van der Waals surface area contributed by atoms with Crippen molar-refractivity contribution in [3.05, 3.63) is 51.4 Å². The van der Waals surface area contributed by atoms with E-state index in [4.69, 9.17) is 0 Å². The van der Waals surface area contributed by atoms with Crippen molar-refractivity contribution in [2.75, 3.05) is 5.32 Å². The summed E-state index contributed by atoms with van der Waals surface area (Å²) in [6.07, 6.45) is 8.33. The number of hydrogen-bond donors (Lipinski definition) is 1. The number of allylic oxidation sites excluding steroid dienone is 2. The Morgan fingerprint density at radius 1 is 1.07 bits per heavy atom. The average molecular weight is 315 g/mol. The molecule has 0 saturated carbocycles. The molecule has 1 nitrogen and oxygen atoms in total. The third kappa shape index (κ3) is 2.28. The van der Waals surface area contributed by atoms with E-state index < -0.39 is 0 Å². The molecule has 0 radical (unpaired) electrons. The maximum atomic E-state index is 3.51. The fraction of sp³-hybridized carbons (Fsp3) is 0.0909. The summed E-state index contributed by atoms with van der Waals surface area (Å²) in [5.74, 6) is 0. The quantitative estimate of drug-likeness (QED) is 0.866. The van der Waals surface area contributed by atoms with Crippen LogP contribution in [-0.4, -0.2) is 6.04 Å². The number of anilines is 1. The summed E-state index contributed by atoms with van der Waals surface area (Å²) >= 11 is 6.94. The van der Waals surface area contributed by atoms with Crippen LogP contribution >= 0.6 is 31.9 Å². The third-order valence-corrected chi connectivity index (χ3v) is 3.15. The molecule has 1 N–H and O–H groups in total. The summed E-state index contributed by atoms with van der Waals surface area (Å²) in [5.41, 5.74) is 1.11. The number of rotatable bonds is 2. The Labute approximate surface area is 100 Å². The molecule has 0 aromatic heterocycles. The lowest BCUT2D eigenvalue weighted by atomic mass is 10.2. The molecule has 72 valence electrons. The lowest BCUT2D eigenvalue weighted by Gasteiger charge is -2.12. The van der Waals surface area contributed by atoms with Crippen LogP contribution < -0.4 is 5.32 Å². The minimum absolute atomic E-state index is 0.312. The summed E-state index contributed by atoms with van der Waals surface area (Å²) in [4.78, 5) is 0. The van der Waals surface area contributed by atoms with Gasteiger partial charge in [-0.3, -0.25) is 0 Å². The Bertz CT molecular complexity index is 384. The number of hydrogen-bond acceptors (Lipinski definition) is 1. The van der Waals surface area contributed by atoms with Gasteiger partial charge in [0.15, 0.2) is 0 Å². The Kier molecular flexibility index (Phi) is 3.08. The zero-order valence-electron chi connectivity index (χ0n) is 7.37. The number of nitrogens with one attached hydrogen (secondary N) is 1. The molecule has 0 unspecified atom stereocenters. The molecule has 0 bridgehead atoms. The smallest absolute Gasteiger partial charge is 0.0635 e. The second-order valence-corrected chi connectivity index (χ2v) is 4.83. The molecule has 0 atom stereocenters. The van der Waals surface area contributed by atoms with Crippen LogP contribution in [-0.2, 0) is 0 Å². The Balaban J connectivity index is 2.16. The van der Waals surface area contributed by atoms with Crippen molar-refractivity contribution in [2.24, 2.45) is 0 Å². The lowest BCUT2D eigenvalue weighted by Crippen LogP contribution is -2.11. The van der Waals surface area contributed by atoms with E-state index in [-0.39, 0.29) is 0 Å². The lowest BCUT2D eigenvalue weighted by molar-refractivity contribution is 1.13. The summed E-state index contributed by atoms with van der Waals surface area (Å²) in [7, 11) is 0. The SMILES string of the molecule is Brc1ccc(NC2C=CC=C2)c(Br)c1. The fourth-order valence-electron chi connectivity index (χ4n) is 1.31. The van der Waals surface area contributed by atoms with Crippen LogP contribution in [0.2, 0.25) is 0 Å². The van der Waals surface area contributed by atoms with Crippen LogP contribution in [0.1, 0.15) is 0 Å². The summed E-state index contributed by atoms with van der Waals surface area (Å²) in [5, 5.41) is 3.40. The molecule has 1 aromatic rings. The fourth-order valence-corrected chi connectivity index (χ4v) is 2.48. The van der Waals surface area contributed by atoms with Crippen LogP contribution in [0, 0.1) is 0 Å². The molecule has 0 aliphatic heterocycles. The first-order chi connectivity index (χ1) is 6.75. The van der Waals surface area contributed by atoms with Crippen molar-refractivity contribution < 1.29 is 0 Å². The highest BCUT2D eigenvalue weighted by atomic mass is 79.9. The summed E-state index contributed by atoms with van der Waals surface area (Å²) in [6, 6.07) is 6.42. The first-order valence-corrected chi connectivity index (χ1v) is 5.91. The van der Waals surface area contributed by atoms with Gasteiger partial charge in [-0.05, 0) is 34.1 Å². The van der Waals surface area contributed by atoms with Crippen LogP contribution in [0.5, 0.6) is 0 Å². The highest BCUT2D eigenvalue weighted by molar-refractivity contribution is 9.11. The average Bonchev–Trinajstić information content (AvgIpc) is 2.62. The first kappa shape index (κ1) is 9.99. The number of halogens is 2. The maximum Gasteiger partial charge on any atom is 0.0635 e. The van der Waals surface area contributed by atoms with E-state index >= 15 is 0 Å². The molecular formula is C11H9Br2N. The van der Waals surface area contributed by atoms with Crippen molar-refractivity contribution >= 4 is 37.5 Å². The van der Waals surface area contributed by atoms with E-state index in [1.165, 1.54) is 0 Å². The van der Waals surface area contributed by atoms with Crippen molar-refractivity contribution in [3.8, 4) is 0 Å². The normalized spacial score (nSPS) is 15.0. The molecule has 0 spiro atoms. The van der Waals surface area contributed by atoms with Gasteiger partial charge in [-0.1, -0.05) is 40.2 Å². The van der Waals surface area contributed by atoms with Crippen molar-refractivity contribution in [1.29, 1.82) is 0 Å². The summed E-state index contributed by atoms with van der Waals surface area (Å²) < 4.78 is 2.15. The highest BCUT2D eigenvalue weighted by Crippen LogP contribution is 2.27. The van der Waals surface area contributed by atoms with E-state index in [1.807, 2.05) is 30.4 Å². The van der Waals surface area contributed by atoms with Crippen LogP contribution in [0.15, 0.2) is 51.4 Å². The second kappa shape index (κ2) is 4.32. The second-order valence-electron chi connectivity index (χ2n) is 3.06. The van der Waals surface area contributed by atoms with Crippen LogP contribution in [0.4, 0.5) is 5.69 Å². The topological polar surface area (TPSA) is 12.0 Å². The Morgan fingerprint density at radius 3 is 2.43 bits per heavy atom. The molecule has 0 heterocycles. The van der Waals surface area contributed by atoms with E-state index in [0.717, 1.165) is 14.6 Å². The standard InChI is InChI=1S/C11H9Br2N/c12-8-5-6-11(10(13)7-8)14-9-3-1-2-4-9/h1-7,9,14H. The molecule has 0 saturated heterocycles. The monoisotopic (exact) mass is 313 g/mol. The molecule has 0 fully saturated rings. The van der Waals surface area contributed by atoms with Crippen LogP contribution in [0.3, 0.4) is 0 Å². The first-order valence-electron chi connectivity index (χ1n) is 4.32. The highest BCUT2D eigenvalue weighted by Gasteiger charge is 2.05. The van der Waals surface area contributed by atoms with Gasteiger partial charge in [-0.15, -0.1) is 0 Å². The van der Waals surface area contributed by atoms with Crippen molar-refractivity contribution in [1.82, 2.24) is 0 Å². The minimum Gasteiger partial charge on any atom is -0.374 e. The maximum absolute atomic E-state index is 3.51. The predicted molar refractivity (Wildman–Crippen MR) is 67.5 cm³/mol. The van der Waals surface area contributed by atoms with Gasteiger partial charge in [0.05, 0.1) is 6.04 Å². The zero-order valence-corrected chi connectivity index (χ0v) is 10.5. The van der Waals surface area contributed by atoms with E-state index in [9.17, 15) is 0 Å². The zero-order chi connectivity index (χ0) is 9.97. The molecule has 14 heavy (non-hydrogen) atoms. The third-order valence-electron chi connectivity index (χ3n) is 2.00. The largest absolute Gasteiger partial charge is 0.374 e. The minimum atomic E-state index is 0.312. The molecular weight excluding hydrogens is 306 g/mol. The summed E-state index contributed by atoms with van der Waals surface area (Å²) in [6.45, 7) is 0. The molecule has 2 rings (SSSR count). The van der Waals surface area contributed by atoms with Gasteiger partial charge in [0, 0.05) is 14.6 Å². The van der Waals surface area contributed by atoms with Crippen molar-refractivity contribution in [3.63, 3.8) is 0 Å². The van der Waals surface area contributed by atoms with Crippen LogP contribution in [0.25, 0.3) is 0 Å². The van der Waals surface area contributed by atoms with E-state index in [2.05, 4.69) is 49.3 Å². The van der Waals surface area contributed by atoms with Gasteiger partial charge < -0.3 is 5.32 Å². The van der Waals surface area contributed by atoms with E-state index in [0.29, 0.717) is 6.04 Å². The molecule has 1 aliphatic rings. The van der Waals surface area contributed by atoms with Gasteiger partial charge in [0.1, 0.15) is 0 Å². The Hall–Kier alpha value is -0.540. The van der Waals surface area contributed by atoms with Crippen molar-refractivity contribution in [2.45, 2.75) is 6.04 Å². The van der Waals surface area contributed by atoms with E-state index in [1.54, 1.807) is 0 Å². The van der Waals surface area contributed by atoms with Gasteiger partial charge >= 0.3 is 0 Å². The molecule has 0 amide bonds. The molecule has 3 heteroatoms. The molecule has 1 aliphatic carbocycles. The predicted octanol–water partition coefficient (Wildman–Crippen LogP) is 4.12. The van der Waals surface area contributed by atoms with Gasteiger partial charge in [0.2, 0.25) is 0 Å². The number of benzene rings is 1. The van der Waals surface area contributed by atoms with Gasteiger partial charge in [-0.25, -0.2) is 0 Å². The van der Waals surface area contributed by atoms with Gasteiger partial charge in [0.25, 0.3) is 0 Å². The van der Waals surface area contributed by atoms with Gasteiger partial charge in [-0.2, -0.15) is 0 Å². The Morgan fingerprint density at radius 2 is 1.79 bits per heavy atom. The molecule has 1 aromatic carbocycles.